The summed E-state index contributed by atoms with van der Waals surface area (Å²) in [5, 5.41) is 6.04. The number of methoxy groups -OCH3 is 1. The van der Waals surface area contributed by atoms with Crippen LogP contribution in [0.5, 0.6) is 0 Å². The van der Waals surface area contributed by atoms with E-state index in [0.29, 0.717) is 23.8 Å². The number of anilines is 1. The molecule has 0 saturated carbocycles. The number of thioether (sulfide) groups is 1. The summed E-state index contributed by atoms with van der Waals surface area (Å²) < 4.78 is 4.54. The van der Waals surface area contributed by atoms with Gasteiger partial charge in [-0.1, -0.05) is 0 Å². The monoisotopic (exact) mass is 317 g/mol. The first-order valence-corrected chi connectivity index (χ1v) is 8.13. The highest BCUT2D eigenvalue weighted by Crippen LogP contribution is 2.20. The lowest BCUT2D eigenvalue weighted by molar-refractivity contribution is -0.140. The molecule has 0 atom stereocenters. The fourth-order valence-electron chi connectivity index (χ4n) is 1.26. The molecule has 0 unspecified atom stereocenters. The highest BCUT2D eigenvalue weighted by Gasteiger charge is 2.07. The number of carbonyl (C=O) groups excluding carboxylic acids is 2. The average molecular weight is 317 g/mol. The van der Waals surface area contributed by atoms with Crippen LogP contribution in [-0.4, -0.2) is 42.1 Å². The van der Waals surface area contributed by atoms with E-state index in [-0.39, 0.29) is 12.0 Å². The molecule has 8 heteroatoms. The number of esters is 1. The minimum absolute atomic E-state index is 0.210. The van der Waals surface area contributed by atoms with E-state index in [1.807, 2.05) is 13.8 Å². The Morgan fingerprint density at radius 1 is 1.35 bits per heavy atom. The number of thiazole rings is 1. The van der Waals surface area contributed by atoms with Crippen LogP contribution in [0.15, 0.2) is 0 Å². The van der Waals surface area contributed by atoms with Gasteiger partial charge < -0.3 is 10.1 Å². The molecule has 0 bridgehead atoms. The molecule has 0 aliphatic heterocycles. The van der Waals surface area contributed by atoms with Crippen LogP contribution >= 0.6 is 23.1 Å². The Morgan fingerprint density at radius 3 is 2.70 bits per heavy atom. The van der Waals surface area contributed by atoms with Crippen molar-refractivity contribution in [1.29, 1.82) is 0 Å². The highest BCUT2D eigenvalue weighted by atomic mass is 32.2. The summed E-state index contributed by atoms with van der Waals surface area (Å²) in [6, 6.07) is -0.257. The van der Waals surface area contributed by atoms with E-state index in [0.717, 1.165) is 16.3 Å². The summed E-state index contributed by atoms with van der Waals surface area (Å²) in [5.41, 5.74) is 0.934. The molecule has 6 nitrogen and oxygen atoms in total. The number of carbonyl (C=O) groups is 2. The minimum Gasteiger partial charge on any atom is -0.469 e. The predicted octanol–water partition coefficient (Wildman–Crippen LogP) is 2.18. The van der Waals surface area contributed by atoms with Crippen LogP contribution in [0, 0.1) is 13.8 Å². The van der Waals surface area contributed by atoms with Gasteiger partial charge in [-0.15, -0.1) is 11.3 Å². The van der Waals surface area contributed by atoms with Gasteiger partial charge in [0.15, 0.2) is 5.13 Å². The largest absolute Gasteiger partial charge is 0.469 e. The molecule has 0 aliphatic rings. The van der Waals surface area contributed by atoms with Crippen LogP contribution in [0.4, 0.5) is 9.93 Å². The lowest BCUT2D eigenvalue weighted by Gasteiger charge is -2.05. The molecule has 0 fully saturated rings. The molecular weight excluding hydrogens is 298 g/mol. The fraction of sp³-hybridized carbons (Fsp3) is 0.583. The number of ether oxygens (including phenoxy) is 1. The van der Waals surface area contributed by atoms with Crippen molar-refractivity contribution in [3.8, 4) is 0 Å². The van der Waals surface area contributed by atoms with Crippen LogP contribution in [-0.2, 0) is 9.53 Å². The van der Waals surface area contributed by atoms with Crippen LogP contribution in [0.1, 0.15) is 17.0 Å². The van der Waals surface area contributed by atoms with E-state index in [2.05, 4.69) is 20.4 Å². The number of aryl methyl sites for hydroxylation is 2. The normalized spacial score (nSPS) is 10.2. The van der Waals surface area contributed by atoms with Gasteiger partial charge in [0.1, 0.15) is 0 Å². The van der Waals surface area contributed by atoms with E-state index in [9.17, 15) is 9.59 Å². The Morgan fingerprint density at radius 2 is 2.10 bits per heavy atom. The molecule has 0 radical (unpaired) electrons. The minimum atomic E-state index is -0.257. The van der Waals surface area contributed by atoms with E-state index >= 15 is 0 Å². The zero-order valence-electron chi connectivity index (χ0n) is 11.8. The molecule has 0 aliphatic carbocycles. The zero-order valence-corrected chi connectivity index (χ0v) is 13.4. The molecule has 1 aromatic heterocycles. The van der Waals surface area contributed by atoms with Crippen LogP contribution in [0.2, 0.25) is 0 Å². The van der Waals surface area contributed by atoms with Crippen LogP contribution < -0.4 is 10.6 Å². The first-order chi connectivity index (χ1) is 9.52. The predicted molar refractivity (Wildman–Crippen MR) is 82.6 cm³/mol. The number of nitrogens with one attached hydrogen (secondary N) is 2. The zero-order chi connectivity index (χ0) is 15.0. The standard InChI is InChI=1S/C12H19N3O3S2/c1-8-9(2)20-12(14-8)15-11(17)13-5-7-19-6-4-10(16)18-3/h4-7H2,1-3H3,(H2,13,14,15,17). The second-order valence-electron chi connectivity index (χ2n) is 3.98. The van der Waals surface area contributed by atoms with Crippen molar-refractivity contribution in [3.63, 3.8) is 0 Å². The molecule has 1 heterocycles. The van der Waals surface area contributed by atoms with Crippen molar-refractivity contribution in [2.75, 3.05) is 30.5 Å². The topological polar surface area (TPSA) is 80.3 Å². The quantitative estimate of drug-likeness (QED) is 0.595. The molecule has 112 valence electrons. The van der Waals surface area contributed by atoms with Crippen molar-refractivity contribution < 1.29 is 14.3 Å². The van der Waals surface area contributed by atoms with Gasteiger partial charge >= 0.3 is 12.0 Å². The molecule has 0 aromatic carbocycles. The third-order valence-corrected chi connectivity index (χ3v) is 4.43. The van der Waals surface area contributed by atoms with Crippen molar-refractivity contribution in [2.45, 2.75) is 20.3 Å². The Kier molecular flexibility index (Phi) is 7.38. The second kappa shape index (κ2) is 8.80. The number of hydrogen-bond donors (Lipinski definition) is 2. The van der Waals surface area contributed by atoms with Gasteiger partial charge in [0.05, 0.1) is 19.2 Å². The van der Waals surface area contributed by atoms with Gasteiger partial charge in [0.2, 0.25) is 0 Å². The molecular formula is C12H19N3O3S2. The van der Waals surface area contributed by atoms with E-state index in [1.54, 1.807) is 11.8 Å². The highest BCUT2D eigenvalue weighted by molar-refractivity contribution is 7.99. The van der Waals surface area contributed by atoms with Gasteiger partial charge in [-0.3, -0.25) is 10.1 Å². The molecule has 0 spiro atoms. The number of urea groups is 1. The number of hydrogen-bond acceptors (Lipinski definition) is 6. The maximum atomic E-state index is 11.6. The van der Waals surface area contributed by atoms with Crippen LogP contribution in [0.3, 0.4) is 0 Å². The Labute approximate surface area is 126 Å². The summed E-state index contributed by atoms with van der Waals surface area (Å²) in [4.78, 5) is 27.8. The molecule has 0 saturated heterocycles. The average Bonchev–Trinajstić information content (AvgIpc) is 2.71. The number of amides is 2. The van der Waals surface area contributed by atoms with Crippen LogP contribution in [0.25, 0.3) is 0 Å². The summed E-state index contributed by atoms with van der Waals surface area (Å²) in [7, 11) is 1.38. The molecule has 1 rings (SSSR count). The summed E-state index contributed by atoms with van der Waals surface area (Å²) >= 11 is 3.05. The SMILES string of the molecule is COC(=O)CCSCCNC(=O)Nc1nc(C)c(C)s1. The lowest BCUT2D eigenvalue weighted by Crippen LogP contribution is -2.30. The Hall–Kier alpha value is -1.28. The number of rotatable bonds is 7. The van der Waals surface area contributed by atoms with Gasteiger partial charge in [-0.25, -0.2) is 9.78 Å². The van der Waals surface area contributed by atoms with E-state index < -0.39 is 0 Å². The maximum absolute atomic E-state index is 11.6. The van der Waals surface area contributed by atoms with Gasteiger partial charge in [-0.05, 0) is 13.8 Å². The molecule has 2 amide bonds. The van der Waals surface area contributed by atoms with Crippen molar-refractivity contribution >= 4 is 40.2 Å². The van der Waals surface area contributed by atoms with Crippen molar-refractivity contribution in [2.24, 2.45) is 0 Å². The fourth-order valence-corrected chi connectivity index (χ4v) is 2.84. The third-order valence-electron chi connectivity index (χ3n) is 2.46. The smallest absolute Gasteiger partial charge is 0.321 e. The lowest BCUT2D eigenvalue weighted by atomic mass is 10.4. The summed E-state index contributed by atoms with van der Waals surface area (Å²) in [6.07, 6.45) is 0.394. The van der Waals surface area contributed by atoms with Gasteiger partial charge in [0, 0.05) is 22.9 Å². The first-order valence-electron chi connectivity index (χ1n) is 6.16. The number of aromatic nitrogens is 1. The summed E-state index contributed by atoms with van der Waals surface area (Å²) in [5.74, 6) is 1.24. The van der Waals surface area contributed by atoms with Crippen molar-refractivity contribution in [1.82, 2.24) is 10.3 Å². The maximum Gasteiger partial charge on any atom is 0.321 e. The summed E-state index contributed by atoms with van der Waals surface area (Å²) in [6.45, 7) is 4.42. The van der Waals surface area contributed by atoms with E-state index in [4.69, 9.17) is 0 Å². The first kappa shape index (κ1) is 16.8. The molecule has 1 aromatic rings. The van der Waals surface area contributed by atoms with Gasteiger partial charge in [-0.2, -0.15) is 11.8 Å². The Bertz CT molecular complexity index is 443. The second-order valence-corrected chi connectivity index (χ2v) is 6.41. The van der Waals surface area contributed by atoms with E-state index in [1.165, 1.54) is 18.4 Å². The number of nitrogens with zero attached hydrogens (tertiary/aromatic N) is 1. The van der Waals surface area contributed by atoms with Crippen molar-refractivity contribution in [3.05, 3.63) is 10.6 Å². The molecule has 2 N–H and O–H groups in total. The third kappa shape index (κ3) is 6.25. The Balaban J connectivity index is 2.10. The molecule has 20 heavy (non-hydrogen) atoms. The van der Waals surface area contributed by atoms with Gasteiger partial charge in [0.25, 0.3) is 0 Å².